The Bertz CT molecular complexity index is 1190. The van der Waals surface area contributed by atoms with Gasteiger partial charge in [0.05, 0.1) is 16.8 Å². The van der Waals surface area contributed by atoms with E-state index < -0.39 is 4.92 Å². The number of aromatic nitrogens is 4. The van der Waals surface area contributed by atoms with Gasteiger partial charge in [-0.1, -0.05) is 53.6 Å². The molecule has 138 valence electrons. The molecule has 9 heteroatoms. The lowest BCUT2D eigenvalue weighted by Gasteiger charge is -2.07. The van der Waals surface area contributed by atoms with E-state index in [0.717, 1.165) is 16.5 Å². The summed E-state index contributed by atoms with van der Waals surface area (Å²) in [5, 5.41) is 29.0. The van der Waals surface area contributed by atoms with Crippen LogP contribution in [0.5, 0.6) is 0 Å². The van der Waals surface area contributed by atoms with Crippen molar-refractivity contribution in [2.45, 2.75) is 6.92 Å². The molecule has 0 bridgehead atoms. The molecule has 1 heterocycles. The van der Waals surface area contributed by atoms with Crippen LogP contribution in [0, 0.1) is 17.0 Å². The molecule has 0 atom stereocenters. The molecule has 1 N–H and O–H groups in total. The van der Waals surface area contributed by atoms with Crippen LogP contribution in [0.15, 0.2) is 65.8 Å². The minimum atomic E-state index is -0.416. The van der Waals surface area contributed by atoms with Crippen molar-refractivity contribution in [2.24, 2.45) is 5.10 Å². The van der Waals surface area contributed by atoms with Crippen molar-refractivity contribution in [2.75, 3.05) is 5.43 Å². The van der Waals surface area contributed by atoms with Crippen LogP contribution >= 0.6 is 0 Å². The number of benzene rings is 3. The molecule has 4 rings (SSSR count). The van der Waals surface area contributed by atoms with Crippen molar-refractivity contribution in [3.05, 3.63) is 81.9 Å². The first-order valence-corrected chi connectivity index (χ1v) is 8.44. The van der Waals surface area contributed by atoms with Crippen LogP contribution in [0.3, 0.4) is 0 Å². The third-order valence-corrected chi connectivity index (χ3v) is 4.27. The zero-order valence-electron chi connectivity index (χ0n) is 14.9. The smallest absolute Gasteiger partial charge is 0.258 e. The van der Waals surface area contributed by atoms with Crippen molar-refractivity contribution in [1.82, 2.24) is 20.2 Å². The number of hydrogen-bond acceptors (Lipinski definition) is 7. The minimum absolute atomic E-state index is 0.0459. The molecule has 0 radical (unpaired) electrons. The number of rotatable bonds is 5. The molecule has 9 nitrogen and oxygen atoms in total. The average molecular weight is 373 g/mol. The SMILES string of the molecule is Cc1ccc(/C=N\Nc2nnnn2-c2cccc3ccccc23)cc1[N+](=O)[O-]. The predicted octanol–water partition coefficient (Wildman–Crippen LogP) is 3.48. The van der Waals surface area contributed by atoms with Gasteiger partial charge < -0.3 is 0 Å². The van der Waals surface area contributed by atoms with Gasteiger partial charge in [0.2, 0.25) is 0 Å². The van der Waals surface area contributed by atoms with Crippen LogP contribution in [-0.2, 0) is 0 Å². The summed E-state index contributed by atoms with van der Waals surface area (Å²) in [6.07, 6.45) is 1.48. The second kappa shape index (κ2) is 7.23. The van der Waals surface area contributed by atoms with Crippen LogP contribution in [0.25, 0.3) is 16.5 Å². The highest BCUT2D eigenvalue weighted by atomic mass is 16.6. The van der Waals surface area contributed by atoms with Gasteiger partial charge in [0.25, 0.3) is 11.6 Å². The van der Waals surface area contributed by atoms with Crippen molar-refractivity contribution in [3.8, 4) is 5.69 Å². The summed E-state index contributed by atoms with van der Waals surface area (Å²) < 4.78 is 1.55. The highest BCUT2D eigenvalue weighted by Crippen LogP contribution is 2.23. The van der Waals surface area contributed by atoms with E-state index in [-0.39, 0.29) is 5.69 Å². The van der Waals surface area contributed by atoms with Gasteiger partial charge in [-0.2, -0.15) is 9.78 Å². The van der Waals surface area contributed by atoms with Crippen molar-refractivity contribution in [3.63, 3.8) is 0 Å². The van der Waals surface area contributed by atoms with Gasteiger partial charge in [0.1, 0.15) is 0 Å². The summed E-state index contributed by atoms with van der Waals surface area (Å²) in [5.74, 6) is 0.328. The second-order valence-corrected chi connectivity index (χ2v) is 6.09. The van der Waals surface area contributed by atoms with Crippen LogP contribution < -0.4 is 5.43 Å². The molecule has 4 aromatic rings. The van der Waals surface area contributed by atoms with Crippen LogP contribution in [0.1, 0.15) is 11.1 Å². The van der Waals surface area contributed by atoms with Gasteiger partial charge in [0.15, 0.2) is 0 Å². The van der Waals surface area contributed by atoms with E-state index in [9.17, 15) is 10.1 Å². The molecular formula is C19H15N7O2. The summed E-state index contributed by atoms with van der Waals surface area (Å²) in [5.41, 5.74) is 4.84. The van der Waals surface area contributed by atoms with E-state index in [4.69, 9.17) is 0 Å². The fourth-order valence-electron chi connectivity index (χ4n) is 2.88. The lowest BCUT2D eigenvalue weighted by molar-refractivity contribution is -0.385. The Morgan fingerprint density at radius 2 is 1.96 bits per heavy atom. The van der Waals surface area contributed by atoms with E-state index in [1.54, 1.807) is 23.7 Å². The number of nitrogens with zero attached hydrogens (tertiary/aromatic N) is 6. The Balaban J connectivity index is 1.61. The molecule has 3 aromatic carbocycles. The third kappa shape index (κ3) is 3.28. The predicted molar refractivity (Wildman–Crippen MR) is 106 cm³/mol. The van der Waals surface area contributed by atoms with Crippen LogP contribution in [-0.4, -0.2) is 31.3 Å². The van der Waals surface area contributed by atoms with E-state index in [0.29, 0.717) is 17.1 Å². The number of hydrazone groups is 1. The fourth-order valence-corrected chi connectivity index (χ4v) is 2.88. The van der Waals surface area contributed by atoms with Crippen LogP contribution in [0.4, 0.5) is 11.6 Å². The minimum Gasteiger partial charge on any atom is -0.258 e. The Kier molecular flexibility index (Phi) is 4.47. The molecule has 0 aliphatic heterocycles. The van der Waals surface area contributed by atoms with Gasteiger partial charge in [-0.15, -0.1) is 0 Å². The Labute approximate surface area is 159 Å². The molecule has 0 spiro atoms. The van der Waals surface area contributed by atoms with Gasteiger partial charge >= 0.3 is 0 Å². The van der Waals surface area contributed by atoms with E-state index in [2.05, 4.69) is 26.1 Å². The Morgan fingerprint density at radius 3 is 2.82 bits per heavy atom. The lowest BCUT2D eigenvalue weighted by atomic mass is 10.1. The molecule has 0 saturated carbocycles. The molecule has 0 fully saturated rings. The summed E-state index contributed by atoms with van der Waals surface area (Å²) in [6, 6.07) is 18.7. The van der Waals surface area contributed by atoms with Gasteiger partial charge in [-0.3, -0.25) is 10.1 Å². The van der Waals surface area contributed by atoms with Gasteiger partial charge in [-0.25, -0.2) is 5.43 Å². The number of anilines is 1. The zero-order chi connectivity index (χ0) is 19.5. The zero-order valence-corrected chi connectivity index (χ0v) is 14.9. The molecule has 28 heavy (non-hydrogen) atoms. The number of nitrogens with one attached hydrogen (secondary N) is 1. The molecule has 0 amide bonds. The molecule has 1 aromatic heterocycles. The summed E-state index contributed by atoms with van der Waals surface area (Å²) in [4.78, 5) is 10.6. The normalized spacial score (nSPS) is 11.2. The summed E-state index contributed by atoms with van der Waals surface area (Å²) in [6.45, 7) is 1.69. The lowest BCUT2D eigenvalue weighted by Crippen LogP contribution is -2.04. The van der Waals surface area contributed by atoms with E-state index >= 15 is 0 Å². The maximum Gasteiger partial charge on any atom is 0.272 e. The number of tetrazole rings is 1. The van der Waals surface area contributed by atoms with Gasteiger partial charge in [-0.05, 0) is 28.8 Å². The van der Waals surface area contributed by atoms with Crippen molar-refractivity contribution < 1.29 is 4.92 Å². The molecule has 0 aliphatic carbocycles. The Morgan fingerprint density at radius 1 is 1.14 bits per heavy atom. The highest BCUT2D eigenvalue weighted by Gasteiger charge is 2.11. The fraction of sp³-hybridized carbons (Fsp3) is 0.0526. The monoisotopic (exact) mass is 373 g/mol. The quantitative estimate of drug-likeness (QED) is 0.326. The maximum atomic E-state index is 11.1. The average Bonchev–Trinajstić information content (AvgIpc) is 3.17. The van der Waals surface area contributed by atoms with Crippen molar-refractivity contribution in [1.29, 1.82) is 0 Å². The van der Waals surface area contributed by atoms with E-state index in [1.807, 2.05) is 42.5 Å². The number of fused-ring (bicyclic) bond motifs is 1. The summed E-state index contributed by atoms with van der Waals surface area (Å²) in [7, 11) is 0. The second-order valence-electron chi connectivity index (χ2n) is 6.09. The number of nitro benzene ring substituents is 1. The van der Waals surface area contributed by atoms with Crippen LogP contribution in [0.2, 0.25) is 0 Å². The molecule has 0 saturated heterocycles. The maximum absolute atomic E-state index is 11.1. The highest BCUT2D eigenvalue weighted by molar-refractivity contribution is 5.90. The molecule has 0 aliphatic rings. The third-order valence-electron chi connectivity index (χ3n) is 4.27. The first-order valence-electron chi connectivity index (χ1n) is 8.44. The van der Waals surface area contributed by atoms with Crippen molar-refractivity contribution >= 4 is 28.6 Å². The Hall–Kier alpha value is -4.14. The first-order chi connectivity index (χ1) is 13.6. The largest absolute Gasteiger partial charge is 0.272 e. The number of hydrogen-bond donors (Lipinski definition) is 1. The first kappa shape index (κ1) is 17.3. The number of nitro groups is 1. The molecular weight excluding hydrogens is 358 g/mol. The topological polar surface area (TPSA) is 111 Å². The number of aryl methyl sites for hydroxylation is 1. The van der Waals surface area contributed by atoms with Gasteiger partial charge in [0, 0.05) is 22.6 Å². The molecule has 0 unspecified atom stereocenters. The van der Waals surface area contributed by atoms with E-state index in [1.165, 1.54) is 12.3 Å². The standard InChI is InChI=1S/C19H15N7O2/c1-13-9-10-14(11-18(13)26(27)28)12-20-21-19-22-23-24-25(19)17-8-4-6-15-5-2-3-7-16(15)17/h2-12H,1H3,(H,21,22,24)/b20-12-. The summed E-state index contributed by atoms with van der Waals surface area (Å²) >= 11 is 0.